The third kappa shape index (κ3) is 4.12. The number of hydrogen-bond donors (Lipinski definition) is 2. The molecule has 0 aromatic heterocycles. The van der Waals surface area contributed by atoms with Gasteiger partial charge in [-0.15, -0.1) is 12.4 Å². The van der Waals surface area contributed by atoms with Crippen LogP contribution in [0.5, 0.6) is 0 Å². The molecule has 2 unspecified atom stereocenters. The molecule has 5 heteroatoms. The number of rotatable bonds is 3. The summed E-state index contributed by atoms with van der Waals surface area (Å²) in [6.07, 6.45) is 3.13. The van der Waals surface area contributed by atoms with Gasteiger partial charge in [-0.3, -0.25) is 4.79 Å². The van der Waals surface area contributed by atoms with Crippen molar-refractivity contribution in [1.82, 2.24) is 10.6 Å². The van der Waals surface area contributed by atoms with Crippen molar-refractivity contribution in [3.05, 3.63) is 0 Å². The van der Waals surface area contributed by atoms with Crippen molar-refractivity contribution in [1.29, 1.82) is 0 Å². The number of hydrogen-bond acceptors (Lipinski definition) is 3. The van der Waals surface area contributed by atoms with Crippen LogP contribution in [0.3, 0.4) is 0 Å². The Morgan fingerprint density at radius 1 is 1.35 bits per heavy atom. The Hall–Kier alpha value is -0.320. The van der Waals surface area contributed by atoms with Crippen molar-refractivity contribution < 1.29 is 9.53 Å². The Bertz CT molecular complexity index is 239. The molecule has 2 N–H and O–H groups in total. The van der Waals surface area contributed by atoms with Gasteiger partial charge in [-0.25, -0.2) is 0 Å². The molecule has 0 aromatic carbocycles. The number of carbonyl (C=O) groups is 1. The van der Waals surface area contributed by atoms with Crippen LogP contribution >= 0.6 is 12.4 Å². The smallest absolute Gasteiger partial charge is 0.224 e. The summed E-state index contributed by atoms with van der Waals surface area (Å²) in [6, 6.07) is 0.289. The SMILES string of the molecule is CC(NC(=O)C1CCNC1)C1CCOCC1.Cl. The van der Waals surface area contributed by atoms with Crippen LogP contribution in [-0.4, -0.2) is 38.3 Å². The van der Waals surface area contributed by atoms with E-state index < -0.39 is 0 Å². The second kappa shape index (κ2) is 7.19. The van der Waals surface area contributed by atoms with Crippen LogP contribution in [-0.2, 0) is 9.53 Å². The number of amides is 1. The van der Waals surface area contributed by atoms with Crippen molar-refractivity contribution in [2.75, 3.05) is 26.3 Å². The van der Waals surface area contributed by atoms with E-state index in [-0.39, 0.29) is 30.3 Å². The predicted octanol–water partition coefficient (Wildman–Crippen LogP) is 0.949. The summed E-state index contributed by atoms with van der Waals surface area (Å²) in [5, 5.41) is 6.38. The number of ether oxygens (including phenoxy) is 1. The van der Waals surface area contributed by atoms with Gasteiger partial charge < -0.3 is 15.4 Å². The summed E-state index contributed by atoms with van der Waals surface area (Å²) in [7, 11) is 0. The van der Waals surface area contributed by atoms with Crippen molar-refractivity contribution in [2.24, 2.45) is 11.8 Å². The van der Waals surface area contributed by atoms with E-state index in [1.54, 1.807) is 0 Å². The van der Waals surface area contributed by atoms with Gasteiger partial charge in [0.05, 0.1) is 5.92 Å². The minimum absolute atomic E-state index is 0. The van der Waals surface area contributed by atoms with Crippen molar-refractivity contribution in [2.45, 2.75) is 32.2 Å². The molecule has 2 saturated heterocycles. The van der Waals surface area contributed by atoms with Gasteiger partial charge in [0, 0.05) is 25.8 Å². The first-order valence-electron chi connectivity index (χ1n) is 6.36. The Balaban J connectivity index is 0.00000144. The van der Waals surface area contributed by atoms with Gasteiger partial charge in [0.15, 0.2) is 0 Å². The van der Waals surface area contributed by atoms with E-state index in [1.807, 2.05) is 0 Å². The van der Waals surface area contributed by atoms with E-state index in [4.69, 9.17) is 4.74 Å². The fraction of sp³-hybridized carbons (Fsp3) is 0.917. The summed E-state index contributed by atoms with van der Waals surface area (Å²) in [5.41, 5.74) is 0. The minimum Gasteiger partial charge on any atom is -0.381 e. The quantitative estimate of drug-likeness (QED) is 0.796. The second-order valence-corrected chi connectivity index (χ2v) is 4.94. The van der Waals surface area contributed by atoms with Crippen molar-refractivity contribution >= 4 is 18.3 Å². The first-order valence-corrected chi connectivity index (χ1v) is 6.36. The van der Waals surface area contributed by atoms with Crippen LogP contribution in [0.2, 0.25) is 0 Å². The monoisotopic (exact) mass is 262 g/mol. The molecule has 0 aliphatic carbocycles. The van der Waals surface area contributed by atoms with Crippen LogP contribution in [0.4, 0.5) is 0 Å². The van der Waals surface area contributed by atoms with Crippen LogP contribution in [0.1, 0.15) is 26.2 Å². The number of halogens is 1. The summed E-state index contributed by atoms with van der Waals surface area (Å²) in [5.74, 6) is 0.998. The Labute approximate surface area is 109 Å². The lowest BCUT2D eigenvalue weighted by molar-refractivity contribution is -0.125. The Morgan fingerprint density at radius 3 is 2.65 bits per heavy atom. The van der Waals surface area contributed by atoms with E-state index in [1.165, 1.54) is 0 Å². The van der Waals surface area contributed by atoms with Crippen molar-refractivity contribution in [3.63, 3.8) is 0 Å². The highest BCUT2D eigenvalue weighted by Crippen LogP contribution is 2.19. The van der Waals surface area contributed by atoms with Crippen LogP contribution in [0.25, 0.3) is 0 Å². The van der Waals surface area contributed by atoms with E-state index in [9.17, 15) is 4.79 Å². The third-order valence-electron chi connectivity index (χ3n) is 3.77. The van der Waals surface area contributed by atoms with Gasteiger partial charge in [0.2, 0.25) is 5.91 Å². The normalized spacial score (nSPS) is 27.2. The van der Waals surface area contributed by atoms with Crippen LogP contribution in [0.15, 0.2) is 0 Å². The Morgan fingerprint density at radius 2 is 2.06 bits per heavy atom. The summed E-state index contributed by atoms with van der Waals surface area (Å²) >= 11 is 0. The number of carbonyl (C=O) groups excluding carboxylic acids is 1. The van der Waals surface area contributed by atoms with Gasteiger partial charge >= 0.3 is 0 Å². The third-order valence-corrected chi connectivity index (χ3v) is 3.77. The molecule has 1 amide bonds. The maximum Gasteiger partial charge on any atom is 0.224 e. The predicted molar refractivity (Wildman–Crippen MR) is 69.4 cm³/mol. The molecule has 2 atom stereocenters. The molecule has 0 saturated carbocycles. The molecule has 2 rings (SSSR count). The molecular formula is C12H23ClN2O2. The molecule has 17 heavy (non-hydrogen) atoms. The number of nitrogens with one attached hydrogen (secondary N) is 2. The van der Waals surface area contributed by atoms with E-state index in [2.05, 4.69) is 17.6 Å². The average Bonchev–Trinajstić information content (AvgIpc) is 2.83. The lowest BCUT2D eigenvalue weighted by Gasteiger charge is -2.29. The molecule has 2 aliphatic heterocycles. The van der Waals surface area contributed by atoms with Gasteiger partial charge in [0.25, 0.3) is 0 Å². The van der Waals surface area contributed by atoms with Gasteiger partial charge in [-0.2, -0.15) is 0 Å². The second-order valence-electron chi connectivity index (χ2n) is 4.94. The highest BCUT2D eigenvalue weighted by atomic mass is 35.5. The van der Waals surface area contributed by atoms with E-state index in [0.717, 1.165) is 45.6 Å². The largest absolute Gasteiger partial charge is 0.381 e. The summed E-state index contributed by atoms with van der Waals surface area (Å²) in [6.45, 7) is 5.62. The molecule has 0 radical (unpaired) electrons. The molecule has 2 aliphatic rings. The van der Waals surface area contributed by atoms with Crippen LogP contribution in [0, 0.1) is 11.8 Å². The van der Waals surface area contributed by atoms with Crippen molar-refractivity contribution in [3.8, 4) is 0 Å². The highest BCUT2D eigenvalue weighted by molar-refractivity contribution is 5.85. The molecule has 0 aromatic rings. The minimum atomic E-state index is 0. The Kier molecular flexibility index (Phi) is 6.23. The maximum atomic E-state index is 11.9. The molecule has 100 valence electrons. The fourth-order valence-corrected chi connectivity index (χ4v) is 2.55. The zero-order chi connectivity index (χ0) is 11.4. The molecule has 0 spiro atoms. The first-order chi connectivity index (χ1) is 7.77. The van der Waals surface area contributed by atoms with Gasteiger partial charge in [0.1, 0.15) is 0 Å². The van der Waals surface area contributed by atoms with Crippen LogP contribution < -0.4 is 10.6 Å². The highest BCUT2D eigenvalue weighted by Gasteiger charge is 2.26. The van der Waals surface area contributed by atoms with Gasteiger partial charge in [-0.05, 0) is 38.6 Å². The zero-order valence-electron chi connectivity index (χ0n) is 10.4. The fourth-order valence-electron chi connectivity index (χ4n) is 2.55. The lowest BCUT2D eigenvalue weighted by Crippen LogP contribution is -2.43. The first kappa shape index (κ1) is 14.7. The molecule has 4 nitrogen and oxygen atoms in total. The summed E-state index contributed by atoms with van der Waals surface area (Å²) < 4.78 is 5.33. The molecule has 0 bridgehead atoms. The molecule has 2 fully saturated rings. The van der Waals surface area contributed by atoms with Gasteiger partial charge in [-0.1, -0.05) is 0 Å². The standard InChI is InChI=1S/C12H22N2O2.ClH/c1-9(10-3-6-16-7-4-10)14-12(15)11-2-5-13-8-11;/h9-11,13H,2-8H2,1H3,(H,14,15);1H. The molecular weight excluding hydrogens is 240 g/mol. The lowest BCUT2D eigenvalue weighted by atomic mass is 9.92. The topological polar surface area (TPSA) is 50.4 Å². The average molecular weight is 263 g/mol. The molecule has 2 heterocycles. The zero-order valence-corrected chi connectivity index (χ0v) is 11.2. The van der Waals surface area contributed by atoms with E-state index in [0.29, 0.717) is 5.92 Å². The van der Waals surface area contributed by atoms with E-state index >= 15 is 0 Å². The summed E-state index contributed by atoms with van der Waals surface area (Å²) in [4.78, 5) is 11.9. The maximum absolute atomic E-state index is 11.9.